The van der Waals surface area contributed by atoms with Crippen molar-refractivity contribution in [1.29, 1.82) is 0 Å². The molecule has 0 aliphatic carbocycles. The molecular weight excluding hydrogens is 208 g/mol. The van der Waals surface area contributed by atoms with Gasteiger partial charge in [0, 0.05) is 18.2 Å². The maximum atomic E-state index is 11.9. The molecule has 0 bridgehead atoms. The fourth-order valence-electron chi connectivity index (χ4n) is 1.37. The van der Waals surface area contributed by atoms with Gasteiger partial charge in [-0.05, 0) is 19.1 Å². The van der Waals surface area contributed by atoms with Crippen LogP contribution in [0.25, 0.3) is 0 Å². The van der Waals surface area contributed by atoms with Gasteiger partial charge in [0.05, 0.1) is 6.54 Å². The Hall–Kier alpha value is -2.04. The molecule has 1 aromatic carbocycles. The van der Waals surface area contributed by atoms with Crippen LogP contribution in [0.4, 0.5) is 0 Å². The Balaban J connectivity index is 2.96. The molecule has 0 unspecified atom stereocenters. The summed E-state index contributed by atoms with van der Waals surface area (Å²) < 4.78 is 0. The summed E-state index contributed by atoms with van der Waals surface area (Å²) in [7, 11) is 1.48. The van der Waals surface area contributed by atoms with Crippen molar-refractivity contribution in [2.24, 2.45) is 5.73 Å². The molecule has 1 aromatic rings. The number of nitrogens with two attached hydrogens (primary N) is 1. The molecule has 0 radical (unpaired) electrons. The minimum atomic E-state index is -0.575. The topological polar surface area (TPSA) is 83.6 Å². The van der Waals surface area contributed by atoms with Crippen molar-refractivity contribution in [1.82, 2.24) is 4.90 Å². The molecule has 0 saturated heterocycles. The van der Waals surface area contributed by atoms with Gasteiger partial charge in [0.15, 0.2) is 0 Å². The van der Waals surface area contributed by atoms with E-state index in [1.54, 1.807) is 19.1 Å². The number of aromatic hydroxyl groups is 1. The number of nitrogens with zero attached hydrogens (tertiary/aromatic N) is 1. The summed E-state index contributed by atoms with van der Waals surface area (Å²) in [6.45, 7) is 1.49. The molecule has 3 N–H and O–H groups in total. The summed E-state index contributed by atoms with van der Waals surface area (Å²) in [6, 6.07) is 4.67. The molecular formula is C11H14N2O3. The van der Waals surface area contributed by atoms with Gasteiger partial charge >= 0.3 is 0 Å². The number of likely N-dealkylation sites (N-methyl/N-ethyl adjacent to an activating group) is 1. The number of hydrogen-bond acceptors (Lipinski definition) is 3. The molecule has 5 nitrogen and oxygen atoms in total. The number of carbonyl (C=O) groups excluding carboxylic acids is 2. The van der Waals surface area contributed by atoms with Crippen LogP contribution in [0.1, 0.15) is 15.9 Å². The van der Waals surface area contributed by atoms with E-state index in [0.717, 1.165) is 0 Å². The van der Waals surface area contributed by atoms with Crippen LogP contribution in [0.2, 0.25) is 0 Å². The fraction of sp³-hybridized carbons (Fsp3) is 0.273. The van der Waals surface area contributed by atoms with Gasteiger partial charge in [-0.3, -0.25) is 9.59 Å². The van der Waals surface area contributed by atoms with Crippen molar-refractivity contribution in [3.63, 3.8) is 0 Å². The number of phenols is 1. The van der Waals surface area contributed by atoms with Gasteiger partial charge in [-0.15, -0.1) is 0 Å². The maximum Gasteiger partial charge on any atom is 0.254 e. The molecule has 16 heavy (non-hydrogen) atoms. The third kappa shape index (κ3) is 2.50. The lowest BCUT2D eigenvalue weighted by molar-refractivity contribution is -0.118. The quantitative estimate of drug-likeness (QED) is 0.769. The largest absolute Gasteiger partial charge is 0.508 e. The lowest BCUT2D eigenvalue weighted by atomic mass is 10.1. The number of rotatable bonds is 3. The number of primary amides is 1. The minimum Gasteiger partial charge on any atom is -0.508 e. The van der Waals surface area contributed by atoms with E-state index in [9.17, 15) is 14.7 Å². The summed E-state index contributed by atoms with van der Waals surface area (Å²) in [5.74, 6) is -0.862. The van der Waals surface area contributed by atoms with Gasteiger partial charge in [0.1, 0.15) is 5.75 Å². The number of carbonyl (C=O) groups is 2. The van der Waals surface area contributed by atoms with Crippen LogP contribution in [-0.4, -0.2) is 35.4 Å². The van der Waals surface area contributed by atoms with E-state index in [1.807, 2.05) is 0 Å². The van der Waals surface area contributed by atoms with E-state index < -0.39 is 5.91 Å². The Kier molecular flexibility index (Phi) is 3.50. The van der Waals surface area contributed by atoms with Crippen molar-refractivity contribution in [3.8, 4) is 5.75 Å². The highest BCUT2D eigenvalue weighted by Gasteiger charge is 2.16. The SMILES string of the molecule is Cc1c(O)cccc1C(=O)N(C)CC(N)=O. The Morgan fingerprint density at radius 1 is 1.44 bits per heavy atom. The van der Waals surface area contributed by atoms with Gasteiger partial charge < -0.3 is 15.7 Å². The smallest absolute Gasteiger partial charge is 0.254 e. The highest BCUT2D eigenvalue weighted by atomic mass is 16.3. The first kappa shape index (κ1) is 12.0. The molecule has 0 saturated carbocycles. The lowest BCUT2D eigenvalue weighted by Crippen LogP contribution is -2.35. The van der Waals surface area contributed by atoms with E-state index >= 15 is 0 Å². The minimum absolute atomic E-state index is 0.0540. The van der Waals surface area contributed by atoms with E-state index in [4.69, 9.17) is 5.73 Å². The summed E-state index contributed by atoms with van der Waals surface area (Å²) in [6.07, 6.45) is 0. The molecule has 0 heterocycles. The van der Waals surface area contributed by atoms with E-state index in [0.29, 0.717) is 11.1 Å². The van der Waals surface area contributed by atoms with Gasteiger partial charge in [-0.25, -0.2) is 0 Å². The Morgan fingerprint density at radius 3 is 2.62 bits per heavy atom. The van der Waals surface area contributed by atoms with Crippen LogP contribution < -0.4 is 5.73 Å². The fourth-order valence-corrected chi connectivity index (χ4v) is 1.37. The third-order valence-corrected chi connectivity index (χ3v) is 2.28. The average molecular weight is 222 g/mol. The summed E-state index contributed by atoms with van der Waals surface area (Å²) in [5, 5.41) is 9.45. The first-order valence-corrected chi connectivity index (χ1v) is 4.76. The number of amides is 2. The van der Waals surface area contributed by atoms with E-state index in [1.165, 1.54) is 18.0 Å². The summed E-state index contributed by atoms with van der Waals surface area (Å²) in [4.78, 5) is 23.7. The van der Waals surface area contributed by atoms with E-state index in [-0.39, 0.29) is 18.2 Å². The van der Waals surface area contributed by atoms with Gasteiger partial charge in [0.25, 0.3) is 5.91 Å². The molecule has 0 aromatic heterocycles. The molecule has 0 spiro atoms. The highest BCUT2D eigenvalue weighted by Crippen LogP contribution is 2.20. The average Bonchev–Trinajstić information content (AvgIpc) is 2.20. The monoisotopic (exact) mass is 222 g/mol. The second-order valence-electron chi connectivity index (χ2n) is 3.58. The Morgan fingerprint density at radius 2 is 2.06 bits per heavy atom. The van der Waals surface area contributed by atoms with Gasteiger partial charge in [-0.1, -0.05) is 6.07 Å². The van der Waals surface area contributed by atoms with Crippen LogP contribution in [0, 0.1) is 6.92 Å². The van der Waals surface area contributed by atoms with Gasteiger partial charge in [0.2, 0.25) is 5.91 Å². The molecule has 0 atom stereocenters. The van der Waals surface area contributed by atoms with Crippen LogP contribution in [0.5, 0.6) is 5.75 Å². The number of phenolic OH excluding ortho intramolecular Hbond substituents is 1. The normalized spacial score (nSPS) is 9.88. The first-order chi connectivity index (χ1) is 7.43. The second kappa shape index (κ2) is 4.65. The lowest BCUT2D eigenvalue weighted by Gasteiger charge is -2.16. The molecule has 0 aliphatic heterocycles. The van der Waals surface area contributed by atoms with Crippen molar-refractivity contribution in [3.05, 3.63) is 29.3 Å². The number of benzene rings is 1. The van der Waals surface area contributed by atoms with Gasteiger partial charge in [-0.2, -0.15) is 0 Å². The maximum absolute atomic E-state index is 11.9. The zero-order valence-electron chi connectivity index (χ0n) is 9.23. The predicted octanol–water partition coefficient (Wildman–Crippen LogP) is 0.258. The van der Waals surface area contributed by atoms with Crippen molar-refractivity contribution >= 4 is 11.8 Å². The number of hydrogen-bond donors (Lipinski definition) is 2. The van der Waals surface area contributed by atoms with Crippen LogP contribution in [0.15, 0.2) is 18.2 Å². The van der Waals surface area contributed by atoms with Crippen LogP contribution in [-0.2, 0) is 4.79 Å². The standard InChI is InChI=1S/C11H14N2O3/c1-7-8(4-3-5-9(7)14)11(16)13(2)6-10(12)15/h3-5,14H,6H2,1-2H3,(H2,12,15). The van der Waals surface area contributed by atoms with Crippen LogP contribution >= 0.6 is 0 Å². The van der Waals surface area contributed by atoms with Crippen molar-refractivity contribution in [2.45, 2.75) is 6.92 Å². The first-order valence-electron chi connectivity index (χ1n) is 4.76. The van der Waals surface area contributed by atoms with E-state index in [2.05, 4.69) is 0 Å². The summed E-state index contributed by atoms with van der Waals surface area (Å²) >= 11 is 0. The Labute approximate surface area is 93.5 Å². The molecule has 0 fully saturated rings. The van der Waals surface area contributed by atoms with Crippen molar-refractivity contribution in [2.75, 3.05) is 13.6 Å². The van der Waals surface area contributed by atoms with Crippen LogP contribution in [0.3, 0.4) is 0 Å². The summed E-state index contributed by atoms with van der Waals surface area (Å²) in [5.41, 5.74) is 5.85. The highest BCUT2D eigenvalue weighted by molar-refractivity contribution is 5.97. The molecule has 1 rings (SSSR count). The van der Waals surface area contributed by atoms with Crippen molar-refractivity contribution < 1.29 is 14.7 Å². The molecule has 2 amide bonds. The second-order valence-corrected chi connectivity index (χ2v) is 3.58. The Bertz CT molecular complexity index is 429. The third-order valence-electron chi connectivity index (χ3n) is 2.28. The predicted molar refractivity (Wildman–Crippen MR) is 59.0 cm³/mol. The molecule has 5 heteroatoms. The molecule has 86 valence electrons. The zero-order valence-corrected chi connectivity index (χ0v) is 9.23. The zero-order chi connectivity index (χ0) is 12.3. The molecule has 0 aliphatic rings.